The number of rotatable bonds is 2. The van der Waals surface area contributed by atoms with Crippen LogP contribution in [0.1, 0.15) is 29.5 Å². The molecule has 0 saturated carbocycles. The van der Waals surface area contributed by atoms with Gasteiger partial charge in [0.25, 0.3) is 0 Å². The van der Waals surface area contributed by atoms with Crippen LogP contribution in [0.2, 0.25) is 0 Å². The first-order chi connectivity index (χ1) is 7.88. The summed E-state index contributed by atoms with van der Waals surface area (Å²) in [5.74, 6) is 0. The lowest BCUT2D eigenvalue weighted by molar-refractivity contribution is 0.632. The van der Waals surface area contributed by atoms with Gasteiger partial charge in [0.1, 0.15) is 0 Å². The third-order valence-corrected chi connectivity index (χ3v) is 3.77. The molecule has 0 fully saturated rings. The average Bonchev–Trinajstić information content (AvgIpc) is 2.30. The van der Waals surface area contributed by atoms with Gasteiger partial charge in [-0.25, -0.2) is 0 Å². The predicted molar refractivity (Wildman–Crippen MR) is 68.1 cm³/mol. The third-order valence-electron chi connectivity index (χ3n) is 3.77. The van der Waals surface area contributed by atoms with E-state index in [1.807, 2.05) is 7.05 Å². The summed E-state index contributed by atoms with van der Waals surface area (Å²) >= 11 is 0. The van der Waals surface area contributed by atoms with E-state index in [-0.39, 0.29) is 0 Å². The molecule has 0 aromatic heterocycles. The van der Waals surface area contributed by atoms with Crippen molar-refractivity contribution in [3.05, 3.63) is 28.8 Å². The molecule has 1 aromatic carbocycles. The van der Waals surface area contributed by atoms with Crippen molar-refractivity contribution in [2.45, 2.75) is 32.2 Å². The van der Waals surface area contributed by atoms with Crippen LogP contribution in [0.3, 0.4) is 0 Å². The Morgan fingerprint density at radius 3 is 2.31 bits per heavy atom. The van der Waals surface area contributed by atoms with Crippen molar-refractivity contribution in [1.29, 1.82) is 0 Å². The van der Waals surface area contributed by atoms with Crippen molar-refractivity contribution >= 4 is 5.69 Å². The highest BCUT2D eigenvalue weighted by molar-refractivity contribution is 5.64. The highest BCUT2D eigenvalue weighted by Crippen LogP contribution is 2.35. The number of hydrogen-bond acceptors (Lipinski definition) is 2. The molecule has 0 spiro atoms. The molecule has 1 aromatic rings. The van der Waals surface area contributed by atoms with Crippen LogP contribution < -0.4 is 10.2 Å². The van der Waals surface area contributed by atoms with Crippen molar-refractivity contribution in [1.82, 2.24) is 5.32 Å². The molecule has 2 nitrogen and oxygen atoms in total. The lowest BCUT2D eigenvalue weighted by Gasteiger charge is -2.37. The molecule has 0 unspecified atom stereocenters. The van der Waals surface area contributed by atoms with Gasteiger partial charge in [0, 0.05) is 25.3 Å². The van der Waals surface area contributed by atoms with Gasteiger partial charge in [0.15, 0.2) is 0 Å². The number of hydrogen-bond donors (Lipinski definition) is 1. The average molecular weight is 216 g/mol. The van der Waals surface area contributed by atoms with E-state index in [9.17, 15) is 0 Å². The van der Waals surface area contributed by atoms with Crippen LogP contribution in [0.4, 0.5) is 5.69 Å². The maximum Gasteiger partial charge on any atom is 0.0431 e. The number of benzene rings is 1. The van der Waals surface area contributed by atoms with Gasteiger partial charge in [-0.2, -0.15) is 0 Å². The molecule has 3 rings (SSSR count). The first kappa shape index (κ1) is 10.2. The van der Waals surface area contributed by atoms with Crippen molar-refractivity contribution in [2.24, 2.45) is 0 Å². The van der Waals surface area contributed by atoms with Crippen molar-refractivity contribution in [2.75, 3.05) is 25.0 Å². The maximum atomic E-state index is 3.26. The molecular formula is C14H20N2. The van der Waals surface area contributed by atoms with Crippen LogP contribution in [-0.4, -0.2) is 20.1 Å². The molecule has 2 aliphatic heterocycles. The molecule has 86 valence electrons. The summed E-state index contributed by atoms with van der Waals surface area (Å²) in [7, 11) is 2.03. The van der Waals surface area contributed by atoms with Gasteiger partial charge in [0.2, 0.25) is 0 Å². The van der Waals surface area contributed by atoms with Gasteiger partial charge in [-0.3, -0.25) is 0 Å². The molecule has 0 radical (unpaired) electrons. The maximum absolute atomic E-state index is 3.26. The minimum Gasteiger partial charge on any atom is -0.371 e. The Balaban J connectivity index is 2.06. The fourth-order valence-electron chi connectivity index (χ4n) is 3.18. The van der Waals surface area contributed by atoms with Crippen LogP contribution >= 0.6 is 0 Å². The van der Waals surface area contributed by atoms with Crippen molar-refractivity contribution in [3.8, 4) is 0 Å². The van der Waals surface area contributed by atoms with Gasteiger partial charge < -0.3 is 10.2 Å². The Hall–Kier alpha value is -1.02. The largest absolute Gasteiger partial charge is 0.371 e. The predicted octanol–water partition coefficient (Wildman–Crippen LogP) is 2.10. The zero-order valence-corrected chi connectivity index (χ0v) is 10.1. The second-order valence-corrected chi connectivity index (χ2v) is 4.99. The normalized spacial score (nSPS) is 18.4. The van der Waals surface area contributed by atoms with Gasteiger partial charge in [-0.15, -0.1) is 0 Å². The SMILES string of the molecule is CNCc1cc2c3c(c1)CCCN3CCC2. The Kier molecular flexibility index (Phi) is 2.60. The van der Waals surface area contributed by atoms with E-state index in [0.29, 0.717) is 0 Å². The second kappa shape index (κ2) is 4.10. The number of anilines is 1. The van der Waals surface area contributed by atoms with Crippen molar-refractivity contribution < 1.29 is 0 Å². The zero-order valence-electron chi connectivity index (χ0n) is 10.1. The summed E-state index contributed by atoms with van der Waals surface area (Å²) in [4.78, 5) is 2.60. The Labute approximate surface area is 97.6 Å². The Morgan fingerprint density at radius 2 is 1.75 bits per heavy atom. The summed E-state index contributed by atoms with van der Waals surface area (Å²) in [6, 6.07) is 4.82. The van der Waals surface area contributed by atoms with Crippen LogP contribution in [0, 0.1) is 0 Å². The molecule has 2 heterocycles. The first-order valence-corrected chi connectivity index (χ1v) is 6.42. The van der Waals surface area contributed by atoms with E-state index in [2.05, 4.69) is 22.3 Å². The minimum absolute atomic E-state index is 1.00. The molecule has 0 atom stereocenters. The van der Waals surface area contributed by atoms with E-state index >= 15 is 0 Å². The van der Waals surface area contributed by atoms with Crippen LogP contribution in [0.25, 0.3) is 0 Å². The van der Waals surface area contributed by atoms with Crippen molar-refractivity contribution in [3.63, 3.8) is 0 Å². The third kappa shape index (κ3) is 1.61. The summed E-state index contributed by atoms with van der Waals surface area (Å²) in [5.41, 5.74) is 6.22. The van der Waals surface area contributed by atoms with Crippen LogP contribution in [0.15, 0.2) is 12.1 Å². The lowest BCUT2D eigenvalue weighted by Crippen LogP contribution is -2.34. The summed E-state index contributed by atoms with van der Waals surface area (Å²) in [6.07, 6.45) is 5.21. The molecule has 2 heteroatoms. The van der Waals surface area contributed by atoms with E-state index in [1.54, 1.807) is 16.8 Å². The van der Waals surface area contributed by atoms with Crippen LogP contribution in [-0.2, 0) is 19.4 Å². The lowest BCUT2D eigenvalue weighted by atomic mass is 9.90. The molecule has 2 aliphatic rings. The molecular weight excluding hydrogens is 196 g/mol. The van der Waals surface area contributed by atoms with Gasteiger partial charge >= 0.3 is 0 Å². The number of aryl methyl sites for hydroxylation is 2. The van der Waals surface area contributed by atoms with E-state index in [4.69, 9.17) is 0 Å². The number of nitrogens with one attached hydrogen (secondary N) is 1. The summed E-state index contributed by atoms with van der Waals surface area (Å²) < 4.78 is 0. The molecule has 1 N–H and O–H groups in total. The molecule has 0 bridgehead atoms. The second-order valence-electron chi connectivity index (χ2n) is 4.99. The topological polar surface area (TPSA) is 15.3 Å². The van der Waals surface area contributed by atoms with E-state index in [0.717, 1.165) is 6.54 Å². The van der Waals surface area contributed by atoms with Gasteiger partial charge in [-0.05, 0) is 49.4 Å². The molecule has 0 saturated heterocycles. The summed E-state index contributed by atoms with van der Waals surface area (Å²) in [6.45, 7) is 3.54. The van der Waals surface area contributed by atoms with E-state index in [1.165, 1.54) is 44.3 Å². The number of nitrogens with zero attached hydrogens (tertiary/aromatic N) is 1. The molecule has 0 aliphatic carbocycles. The van der Waals surface area contributed by atoms with E-state index < -0.39 is 0 Å². The zero-order chi connectivity index (χ0) is 11.0. The Morgan fingerprint density at radius 1 is 1.12 bits per heavy atom. The summed E-state index contributed by atoms with van der Waals surface area (Å²) in [5, 5.41) is 3.26. The highest BCUT2D eigenvalue weighted by atomic mass is 15.1. The smallest absolute Gasteiger partial charge is 0.0431 e. The molecule has 16 heavy (non-hydrogen) atoms. The minimum atomic E-state index is 1.00. The van der Waals surface area contributed by atoms with Gasteiger partial charge in [-0.1, -0.05) is 12.1 Å². The quantitative estimate of drug-likeness (QED) is 0.814. The van der Waals surface area contributed by atoms with Gasteiger partial charge in [0.05, 0.1) is 0 Å². The monoisotopic (exact) mass is 216 g/mol. The standard InChI is InChI=1S/C14H20N2/c1-15-10-11-8-12-4-2-6-16-7-3-5-13(9-11)14(12)16/h8-9,15H,2-7,10H2,1H3. The highest BCUT2D eigenvalue weighted by Gasteiger charge is 2.23. The Bertz CT molecular complexity index is 367. The fourth-order valence-corrected chi connectivity index (χ4v) is 3.18. The fraction of sp³-hybridized carbons (Fsp3) is 0.571. The van der Waals surface area contributed by atoms with Crippen LogP contribution in [0.5, 0.6) is 0 Å². The first-order valence-electron chi connectivity index (χ1n) is 6.42. The molecule has 0 amide bonds.